The third-order valence-electron chi connectivity index (χ3n) is 3.52. The van der Waals surface area contributed by atoms with Crippen LogP contribution in [0.2, 0.25) is 0 Å². The van der Waals surface area contributed by atoms with Gasteiger partial charge in [0, 0.05) is 13.2 Å². The van der Waals surface area contributed by atoms with Crippen molar-refractivity contribution >= 4 is 31.7 Å². The third-order valence-corrected chi connectivity index (χ3v) is 7.10. The topological polar surface area (TPSA) is 217 Å². The van der Waals surface area contributed by atoms with Gasteiger partial charge in [0.15, 0.2) is 14.9 Å². The van der Waals surface area contributed by atoms with Gasteiger partial charge in [0.05, 0.1) is 18.7 Å². The monoisotopic (exact) mass is 446 g/mol. The normalized spacial score (nSPS) is 25.2. The minimum atomic E-state index is -4.51. The van der Waals surface area contributed by atoms with Gasteiger partial charge in [-0.2, -0.15) is 0 Å². The van der Waals surface area contributed by atoms with E-state index in [1.807, 2.05) is 4.72 Å². The molecule has 0 saturated heterocycles. The molecule has 0 aromatic carbocycles. The summed E-state index contributed by atoms with van der Waals surface area (Å²) in [5.41, 5.74) is 0. The highest BCUT2D eigenvalue weighted by Gasteiger charge is 2.44. The molecular weight excluding hydrogens is 424 g/mol. The minimum Gasteiger partial charge on any atom is -0.478 e. The molecule has 5 atom stereocenters. The predicted octanol–water partition coefficient (Wildman–Crippen LogP) is -4.14. The number of carbonyl (C=O) groups is 2. The van der Waals surface area contributed by atoms with E-state index in [9.17, 15) is 36.6 Å². The number of carbonyl (C=O) groups excluding carboxylic acids is 1. The van der Waals surface area contributed by atoms with Gasteiger partial charge in [-0.25, -0.2) is 26.4 Å². The van der Waals surface area contributed by atoms with E-state index in [1.54, 1.807) is 0 Å². The SMILES string of the molecule is CC(=O)N[C@H]1[C@H]([C@H](O)C(O)CO)OC(C(=O)O)=C[C@@H]1NS(=O)(=O)CS(C)(=O)=O. The van der Waals surface area contributed by atoms with E-state index in [2.05, 4.69) is 5.32 Å². The first-order valence-corrected chi connectivity index (χ1v) is 11.4. The van der Waals surface area contributed by atoms with Crippen molar-refractivity contribution in [2.45, 2.75) is 37.3 Å². The zero-order valence-corrected chi connectivity index (χ0v) is 16.5. The van der Waals surface area contributed by atoms with E-state index in [-0.39, 0.29) is 0 Å². The molecule has 0 saturated carbocycles. The summed E-state index contributed by atoms with van der Waals surface area (Å²) < 4.78 is 53.8. The van der Waals surface area contributed by atoms with Crippen LogP contribution in [-0.4, -0.2) is 97.5 Å². The van der Waals surface area contributed by atoms with Gasteiger partial charge in [-0.1, -0.05) is 0 Å². The lowest BCUT2D eigenvalue weighted by Gasteiger charge is -2.39. The summed E-state index contributed by atoms with van der Waals surface area (Å²) in [4.78, 5) is 22.8. The van der Waals surface area contributed by atoms with E-state index < -0.39 is 79.6 Å². The second kappa shape index (κ2) is 9.15. The van der Waals surface area contributed by atoms with Crippen LogP contribution in [0.25, 0.3) is 0 Å². The van der Waals surface area contributed by atoms with Gasteiger partial charge in [0.1, 0.15) is 18.3 Å². The fourth-order valence-corrected chi connectivity index (χ4v) is 5.65. The van der Waals surface area contributed by atoms with Crippen LogP contribution in [0.5, 0.6) is 0 Å². The molecule has 1 rings (SSSR count). The van der Waals surface area contributed by atoms with Gasteiger partial charge in [0.25, 0.3) is 0 Å². The van der Waals surface area contributed by atoms with E-state index in [0.717, 1.165) is 13.0 Å². The second-order valence-electron chi connectivity index (χ2n) is 6.19. The van der Waals surface area contributed by atoms with Crippen LogP contribution in [0.1, 0.15) is 6.92 Å². The van der Waals surface area contributed by atoms with Crippen molar-refractivity contribution in [1.82, 2.24) is 10.0 Å². The number of sulfonamides is 1. The molecule has 1 unspecified atom stereocenters. The standard InChI is InChI=1S/C13H22N2O11S2/c1-6(17)14-10-7(15-28(24,25)5-27(2,22)23)3-9(13(20)21)26-12(10)11(19)8(18)4-16/h3,7-8,10-12,15-16,18-19H,4-5H2,1-2H3,(H,14,17)(H,20,21)/t7-,8?,10+,11+,12+/m0/s1. The number of aliphatic hydroxyl groups is 3. The number of hydrogen-bond acceptors (Lipinski definition) is 10. The Morgan fingerprint density at radius 3 is 2.25 bits per heavy atom. The number of ether oxygens (including phenoxy) is 1. The first kappa shape index (κ1) is 24.3. The Bertz CT molecular complexity index is 837. The largest absolute Gasteiger partial charge is 0.478 e. The summed E-state index contributed by atoms with van der Waals surface area (Å²) in [6.45, 7) is 0.106. The van der Waals surface area contributed by atoms with Crippen molar-refractivity contribution in [3.63, 3.8) is 0 Å². The molecule has 0 fully saturated rings. The summed E-state index contributed by atoms with van der Waals surface area (Å²) >= 11 is 0. The Morgan fingerprint density at radius 1 is 1.25 bits per heavy atom. The average Bonchev–Trinajstić information content (AvgIpc) is 2.51. The fraction of sp³-hybridized carbons (Fsp3) is 0.692. The minimum absolute atomic E-state index is 0.671. The number of aliphatic carboxylic acids is 1. The van der Waals surface area contributed by atoms with E-state index in [0.29, 0.717) is 6.26 Å². The van der Waals surface area contributed by atoms with E-state index in [4.69, 9.17) is 14.9 Å². The van der Waals surface area contributed by atoms with Crippen LogP contribution in [0.4, 0.5) is 0 Å². The molecule has 1 aliphatic rings. The summed E-state index contributed by atoms with van der Waals surface area (Å²) in [6.07, 6.45) is -3.97. The lowest BCUT2D eigenvalue weighted by molar-refractivity contribution is -0.146. The van der Waals surface area contributed by atoms with E-state index >= 15 is 0 Å². The molecule has 0 radical (unpaired) electrons. The maximum atomic E-state index is 12.1. The molecule has 1 amide bonds. The van der Waals surface area contributed by atoms with Crippen molar-refractivity contribution in [2.75, 3.05) is 17.9 Å². The molecule has 15 heteroatoms. The number of amides is 1. The lowest BCUT2D eigenvalue weighted by atomic mass is 9.92. The van der Waals surface area contributed by atoms with Crippen molar-refractivity contribution < 1.29 is 51.6 Å². The highest BCUT2D eigenvalue weighted by atomic mass is 32.3. The van der Waals surface area contributed by atoms with Gasteiger partial charge in [-0.15, -0.1) is 0 Å². The number of carboxylic acid groups (broad SMARTS) is 1. The van der Waals surface area contributed by atoms with Gasteiger partial charge < -0.3 is 30.5 Å². The fourth-order valence-electron chi connectivity index (χ4n) is 2.50. The molecule has 28 heavy (non-hydrogen) atoms. The first-order chi connectivity index (χ1) is 12.7. The number of nitrogens with one attached hydrogen (secondary N) is 2. The molecule has 0 spiro atoms. The van der Waals surface area contributed by atoms with Gasteiger partial charge in [-0.05, 0) is 6.08 Å². The molecule has 0 aromatic rings. The van der Waals surface area contributed by atoms with E-state index in [1.165, 1.54) is 0 Å². The van der Waals surface area contributed by atoms with Crippen LogP contribution >= 0.6 is 0 Å². The number of aliphatic hydroxyl groups excluding tert-OH is 3. The first-order valence-electron chi connectivity index (χ1n) is 7.70. The summed E-state index contributed by atoms with van der Waals surface area (Å²) in [5.74, 6) is -3.18. The van der Waals surface area contributed by atoms with Crippen LogP contribution in [0.3, 0.4) is 0 Å². The third kappa shape index (κ3) is 6.99. The quantitative estimate of drug-likeness (QED) is 0.200. The number of carboxylic acids is 1. The van der Waals surface area contributed by atoms with Gasteiger partial charge in [0.2, 0.25) is 21.7 Å². The molecule has 1 heterocycles. The summed E-state index contributed by atoms with van der Waals surface area (Å²) in [6, 6.07) is -2.98. The van der Waals surface area contributed by atoms with Crippen LogP contribution in [0, 0.1) is 0 Å². The summed E-state index contributed by atoms with van der Waals surface area (Å²) in [7, 11) is -8.49. The lowest BCUT2D eigenvalue weighted by Crippen LogP contribution is -2.63. The number of rotatable bonds is 9. The maximum absolute atomic E-state index is 12.1. The Labute approximate surface area is 161 Å². The Kier molecular flexibility index (Phi) is 7.92. The molecule has 0 bridgehead atoms. The number of hydrogen-bond donors (Lipinski definition) is 6. The highest BCUT2D eigenvalue weighted by molar-refractivity contribution is 8.06. The zero-order valence-electron chi connectivity index (χ0n) is 14.8. The maximum Gasteiger partial charge on any atom is 0.370 e. The van der Waals surface area contributed by atoms with Gasteiger partial charge in [-0.3, -0.25) is 4.79 Å². The molecule has 162 valence electrons. The Hall–Kier alpha value is -1.78. The number of sulfone groups is 1. The Balaban J connectivity index is 3.38. The Morgan fingerprint density at radius 2 is 1.82 bits per heavy atom. The molecule has 0 aliphatic carbocycles. The molecule has 13 nitrogen and oxygen atoms in total. The average molecular weight is 446 g/mol. The predicted molar refractivity (Wildman–Crippen MR) is 92.9 cm³/mol. The highest BCUT2D eigenvalue weighted by Crippen LogP contribution is 2.23. The molecule has 6 N–H and O–H groups in total. The van der Waals surface area contributed by atoms with Crippen LogP contribution < -0.4 is 10.0 Å². The summed E-state index contributed by atoms with van der Waals surface area (Å²) in [5, 5.41) is 38.9. The molecular formula is C13H22N2O11S2. The van der Waals surface area contributed by atoms with Crippen LogP contribution in [0.15, 0.2) is 11.8 Å². The van der Waals surface area contributed by atoms with Gasteiger partial charge >= 0.3 is 5.97 Å². The van der Waals surface area contributed by atoms with Crippen molar-refractivity contribution in [3.8, 4) is 0 Å². The smallest absolute Gasteiger partial charge is 0.370 e. The molecule has 1 aliphatic heterocycles. The second-order valence-corrected chi connectivity index (χ2v) is 10.4. The van der Waals surface area contributed by atoms with Crippen molar-refractivity contribution in [2.24, 2.45) is 0 Å². The van der Waals surface area contributed by atoms with Crippen LogP contribution in [-0.2, 0) is 34.2 Å². The molecule has 0 aromatic heterocycles. The van der Waals surface area contributed by atoms with Crippen molar-refractivity contribution in [3.05, 3.63) is 11.8 Å². The van der Waals surface area contributed by atoms with Crippen molar-refractivity contribution in [1.29, 1.82) is 0 Å². The zero-order chi connectivity index (χ0) is 21.9.